The molecule has 2 atom stereocenters. The highest BCUT2D eigenvalue weighted by atomic mass is 16.5. The van der Waals surface area contributed by atoms with Gasteiger partial charge < -0.3 is 15.2 Å². The Balaban J connectivity index is 2.19. The zero-order chi connectivity index (χ0) is 16.0. The fourth-order valence-electron chi connectivity index (χ4n) is 2.83. The van der Waals surface area contributed by atoms with Crippen LogP contribution in [0.2, 0.25) is 0 Å². The second-order valence-corrected chi connectivity index (χ2v) is 5.78. The monoisotopic (exact) mass is 304 g/mol. The lowest BCUT2D eigenvalue weighted by Gasteiger charge is -2.49. The molecule has 0 unspecified atom stereocenters. The van der Waals surface area contributed by atoms with Crippen LogP contribution in [-0.2, 0) is 16.1 Å². The first-order chi connectivity index (χ1) is 10.6. The molecule has 5 heteroatoms. The molecule has 0 aliphatic carbocycles. The van der Waals surface area contributed by atoms with E-state index in [9.17, 15) is 9.90 Å². The Hall–Kier alpha value is -1.69. The maximum absolute atomic E-state index is 11.5. The number of aliphatic hydroxyl groups is 1. The van der Waals surface area contributed by atoms with Gasteiger partial charge in [-0.2, -0.15) is 0 Å². The molecule has 0 aromatic heterocycles. The van der Waals surface area contributed by atoms with E-state index in [0.29, 0.717) is 26.3 Å². The van der Waals surface area contributed by atoms with Gasteiger partial charge in [0.15, 0.2) is 0 Å². The number of nitrogens with one attached hydrogen (secondary N) is 1. The summed E-state index contributed by atoms with van der Waals surface area (Å²) in [5.74, 6) is -0.245. The highest BCUT2D eigenvalue weighted by Crippen LogP contribution is 2.26. The Labute approximate surface area is 131 Å². The minimum absolute atomic E-state index is 0.0817. The van der Waals surface area contributed by atoms with E-state index in [2.05, 4.69) is 35.9 Å². The van der Waals surface area contributed by atoms with Gasteiger partial charge >= 0.3 is 0 Å². The zero-order valence-corrected chi connectivity index (χ0v) is 13.0. The molecule has 1 aromatic rings. The molecule has 2 N–H and O–H groups in total. The quantitative estimate of drug-likeness (QED) is 0.768. The molecule has 0 saturated carbocycles. The number of rotatable bonds is 6. The number of ether oxygens (including phenoxy) is 1. The number of hydrogen-bond acceptors (Lipinski definition) is 4. The van der Waals surface area contributed by atoms with Gasteiger partial charge in [-0.15, -0.1) is 0 Å². The van der Waals surface area contributed by atoms with Crippen molar-refractivity contribution in [1.82, 2.24) is 10.2 Å². The maximum atomic E-state index is 11.5. The topological polar surface area (TPSA) is 61.8 Å². The van der Waals surface area contributed by atoms with Crippen LogP contribution in [0.3, 0.4) is 0 Å². The molecule has 0 spiro atoms. The average molecular weight is 304 g/mol. The number of amides is 1. The van der Waals surface area contributed by atoms with Gasteiger partial charge in [0.05, 0.1) is 25.4 Å². The number of aliphatic hydroxyl groups excluding tert-OH is 1. The van der Waals surface area contributed by atoms with E-state index in [-0.39, 0.29) is 18.6 Å². The Bertz CT molecular complexity index is 506. The summed E-state index contributed by atoms with van der Waals surface area (Å²) >= 11 is 0. The fourth-order valence-corrected chi connectivity index (χ4v) is 2.83. The number of nitrogens with zero attached hydrogens (tertiary/aromatic N) is 1. The molecule has 1 aliphatic rings. The fraction of sp³-hybridized carbons (Fsp3) is 0.471. The normalized spacial score (nSPS) is 25.6. The van der Waals surface area contributed by atoms with Crippen molar-refractivity contribution >= 4 is 5.91 Å². The number of hydrogen-bond donors (Lipinski definition) is 2. The van der Waals surface area contributed by atoms with Crippen LogP contribution in [0.5, 0.6) is 0 Å². The van der Waals surface area contributed by atoms with Crippen molar-refractivity contribution < 1.29 is 14.6 Å². The highest BCUT2D eigenvalue weighted by Gasteiger charge is 2.42. The zero-order valence-electron chi connectivity index (χ0n) is 13.0. The summed E-state index contributed by atoms with van der Waals surface area (Å²) in [6, 6.07) is 10.3. The number of benzene rings is 1. The molecule has 0 bridgehead atoms. The first-order valence-electron chi connectivity index (χ1n) is 7.51. The van der Waals surface area contributed by atoms with Crippen molar-refractivity contribution in [2.24, 2.45) is 0 Å². The molecule has 1 aromatic carbocycles. The Morgan fingerprint density at radius 1 is 1.55 bits per heavy atom. The third-order valence-electron chi connectivity index (χ3n) is 4.14. The van der Waals surface area contributed by atoms with Crippen LogP contribution < -0.4 is 5.32 Å². The van der Waals surface area contributed by atoms with Gasteiger partial charge in [0, 0.05) is 19.1 Å². The summed E-state index contributed by atoms with van der Waals surface area (Å²) in [7, 11) is 0. The van der Waals surface area contributed by atoms with Crippen molar-refractivity contribution in [2.45, 2.75) is 25.0 Å². The van der Waals surface area contributed by atoms with Crippen LogP contribution in [0.25, 0.3) is 0 Å². The van der Waals surface area contributed by atoms with Gasteiger partial charge in [0.25, 0.3) is 0 Å². The minimum atomic E-state index is -0.619. The summed E-state index contributed by atoms with van der Waals surface area (Å²) < 4.78 is 5.64. The molecule has 1 aliphatic heterocycles. The Morgan fingerprint density at radius 2 is 2.27 bits per heavy atom. The molecule has 22 heavy (non-hydrogen) atoms. The second-order valence-electron chi connectivity index (χ2n) is 5.78. The number of carbonyl (C=O) groups is 1. The summed E-state index contributed by atoms with van der Waals surface area (Å²) in [6.07, 6.45) is 1.24. The van der Waals surface area contributed by atoms with Crippen LogP contribution >= 0.6 is 0 Å². The van der Waals surface area contributed by atoms with Gasteiger partial charge in [-0.05, 0) is 18.6 Å². The molecule has 5 nitrogen and oxygen atoms in total. The standard InChI is InChI=1S/C17H24N2O3/c1-3-16(21)18-11-17(12-20)13-22-10-14(2)19(17)9-15-7-5-4-6-8-15/h3-8,14,20H,1,9-13H2,2H3,(H,18,21)/t14-,17+/m1/s1. The SMILES string of the molecule is C=CC(=O)NC[C@]1(CO)COC[C@@H](C)N1Cc1ccccc1. The van der Waals surface area contributed by atoms with Crippen LogP contribution in [0, 0.1) is 0 Å². The lowest BCUT2D eigenvalue weighted by Crippen LogP contribution is -2.66. The van der Waals surface area contributed by atoms with Crippen LogP contribution in [0.4, 0.5) is 0 Å². The smallest absolute Gasteiger partial charge is 0.243 e. The van der Waals surface area contributed by atoms with Crippen molar-refractivity contribution in [2.75, 3.05) is 26.4 Å². The van der Waals surface area contributed by atoms with Crippen molar-refractivity contribution in [3.8, 4) is 0 Å². The molecule has 1 amide bonds. The van der Waals surface area contributed by atoms with Gasteiger partial charge in [-0.3, -0.25) is 9.69 Å². The molecule has 0 radical (unpaired) electrons. The van der Waals surface area contributed by atoms with Gasteiger partial charge in [0.1, 0.15) is 0 Å². The minimum Gasteiger partial charge on any atom is -0.394 e. The predicted molar refractivity (Wildman–Crippen MR) is 85.3 cm³/mol. The van der Waals surface area contributed by atoms with E-state index in [4.69, 9.17) is 4.74 Å². The lowest BCUT2D eigenvalue weighted by atomic mass is 9.94. The highest BCUT2D eigenvalue weighted by molar-refractivity contribution is 5.86. The van der Waals surface area contributed by atoms with Crippen molar-refractivity contribution in [3.63, 3.8) is 0 Å². The Morgan fingerprint density at radius 3 is 2.91 bits per heavy atom. The Kier molecular flexibility index (Phi) is 5.71. The van der Waals surface area contributed by atoms with Gasteiger partial charge in [-0.25, -0.2) is 0 Å². The summed E-state index contributed by atoms with van der Waals surface area (Å²) in [4.78, 5) is 13.7. The van der Waals surface area contributed by atoms with Gasteiger partial charge in [-0.1, -0.05) is 36.9 Å². The average Bonchev–Trinajstić information content (AvgIpc) is 2.56. The van der Waals surface area contributed by atoms with Gasteiger partial charge in [0.2, 0.25) is 5.91 Å². The van der Waals surface area contributed by atoms with E-state index in [1.807, 2.05) is 18.2 Å². The predicted octanol–water partition coefficient (Wildman–Crippen LogP) is 0.941. The summed E-state index contributed by atoms with van der Waals surface area (Å²) in [5.41, 5.74) is 0.552. The molecular formula is C17H24N2O3. The molecule has 1 saturated heterocycles. The van der Waals surface area contributed by atoms with Crippen LogP contribution in [0.15, 0.2) is 43.0 Å². The molecule has 1 heterocycles. The summed E-state index contributed by atoms with van der Waals surface area (Å²) in [6.45, 7) is 7.48. The third-order valence-corrected chi connectivity index (χ3v) is 4.14. The third kappa shape index (κ3) is 3.74. The lowest BCUT2D eigenvalue weighted by molar-refractivity contribution is -0.130. The van der Waals surface area contributed by atoms with Crippen LogP contribution in [0.1, 0.15) is 12.5 Å². The van der Waals surface area contributed by atoms with Crippen LogP contribution in [-0.4, -0.2) is 53.9 Å². The second kappa shape index (κ2) is 7.54. The molecule has 1 fully saturated rings. The summed E-state index contributed by atoms with van der Waals surface area (Å²) in [5, 5.41) is 12.8. The van der Waals surface area contributed by atoms with Crippen molar-refractivity contribution in [1.29, 1.82) is 0 Å². The first-order valence-corrected chi connectivity index (χ1v) is 7.51. The molecule has 2 rings (SSSR count). The molecule has 120 valence electrons. The maximum Gasteiger partial charge on any atom is 0.243 e. The van der Waals surface area contributed by atoms with E-state index in [1.165, 1.54) is 11.6 Å². The largest absolute Gasteiger partial charge is 0.394 e. The van der Waals surface area contributed by atoms with Crippen molar-refractivity contribution in [3.05, 3.63) is 48.6 Å². The number of carbonyl (C=O) groups excluding carboxylic acids is 1. The van der Waals surface area contributed by atoms with E-state index in [1.54, 1.807) is 0 Å². The number of morpholine rings is 1. The van der Waals surface area contributed by atoms with E-state index >= 15 is 0 Å². The first kappa shape index (κ1) is 16.7. The van der Waals surface area contributed by atoms with E-state index in [0.717, 1.165) is 0 Å². The molecular weight excluding hydrogens is 280 g/mol. The van der Waals surface area contributed by atoms with E-state index < -0.39 is 5.54 Å².